The first-order valence-corrected chi connectivity index (χ1v) is 7.17. The van der Waals surface area contributed by atoms with Crippen molar-refractivity contribution in [1.82, 2.24) is 9.97 Å². The first-order chi connectivity index (χ1) is 9.63. The molecule has 2 N–H and O–H groups in total. The molecule has 0 unspecified atom stereocenters. The maximum absolute atomic E-state index is 3.59. The molecule has 2 aromatic carbocycles. The fraction of sp³-hybridized carbons (Fsp3) is 0.222. The second-order valence-corrected chi connectivity index (χ2v) is 6.01. The molecule has 0 saturated heterocycles. The lowest BCUT2D eigenvalue weighted by atomic mass is 10.0. The summed E-state index contributed by atoms with van der Waals surface area (Å²) in [6.07, 6.45) is 0. The molecule has 20 heavy (non-hydrogen) atoms. The highest BCUT2D eigenvalue weighted by molar-refractivity contribution is 6.16. The van der Waals surface area contributed by atoms with Crippen molar-refractivity contribution in [2.24, 2.45) is 0 Å². The number of fused-ring (bicyclic) bond motifs is 5. The van der Waals surface area contributed by atoms with Crippen LogP contribution in [0.2, 0.25) is 0 Å². The highest BCUT2D eigenvalue weighted by Crippen LogP contribution is 2.32. The van der Waals surface area contributed by atoms with Crippen LogP contribution in [0.5, 0.6) is 0 Å². The Hall–Kier alpha value is -2.22. The minimum Gasteiger partial charge on any atom is -0.353 e. The summed E-state index contributed by atoms with van der Waals surface area (Å²) in [6, 6.07) is 13.3. The third-order valence-corrected chi connectivity index (χ3v) is 4.19. The summed E-state index contributed by atoms with van der Waals surface area (Å²) in [5, 5.41) is 2.56. The summed E-state index contributed by atoms with van der Waals surface area (Å²) in [4.78, 5) is 7.14. The van der Waals surface area contributed by atoms with Crippen molar-refractivity contribution in [2.45, 2.75) is 26.7 Å². The first-order valence-electron chi connectivity index (χ1n) is 7.17. The quantitative estimate of drug-likeness (QED) is 0.470. The zero-order chi connectivity index (χ0) is 13.9. The van der Waals surface area contributed by atoms with E-state index in [9.17, 15) is 0 Å². The molecule has 2 heterocycles. The van der Waals surface area contributed by atoms with Gasteiger partial charge in [0.25, 0.3) is 0 Å². The number of aryl methyl sites for hydroxylation is 1. The van der Waals surface area contributed by atoms with Crippen molar-refractivity contribution in [3.8, 4) is 0 Å². The molecule has 0 saturated carbocycles. The van der Waals surface area contributed by atoms with Gasteiger partial charge >= 0.3 is 0 Å². The van der Waals surface area contributed by atoms with Crippen molar-refractivity contribution in [1.29, 1.82) is 0 Å². The molecule has 2 nitrogen and oxygen atoms in total. The summed E-state index contributed by atoms with van der Waals surface area (Å²) >= 11 is 0. The maximum Gasteiger partial charge on any atom is 0.0725 e. The third kappa shape index (κ3) is 1.51. The summed E-state index contributed by atoms with van der Waals surface area (Å²) in [5.41, 5.74) is 7.53. The second-order valence-electron chi connectivity index (χ2n) is 6.01. The predicted molar refractivity (Wildman–Crippen MR) is 86.5 cm³/mol. The fourth-order valence-corrected chi connectivity index (χ4v) is 3.01. The molecule has 0 aliphatic heterocycles. The number of H-pyrrole nitrogens is 2. The lowest BCUT2D eigenvalue weighted by Crippen LogP contribution is -1.85. The van der Waals surface area contributed by atoms with Crippen molar-refractivity contribution >= 4 is 32.8 Å². The molecule has 4 rings (SSSR count). The van der Waals surface area contributed by atoms with E-state index in [4.69, 9.17) is 0 Å². The Bertz CT molecular complexity index is 938. The average Bonchev–Trinajstić information content (AvgIpc) is 2.94. The van der Waals surface area contributed by atoms with E-state index in [1.807, 2.05) is 0 Å². The van der Waals surface area contributed by atoms with Crippen LogP contribution >= 0.6 is 0 Å². The zero-order valence-corrected chi connectivity index (χ0v) is 12.0. The third-order valence-electron chi connectivity index (χ3n) is 4.19. The average molecular weight is 262 g/mol. The van der Waals surface area contributed by atoms with Crippen molar-refractivity contribution in [3.63, 3.8) is 0 Å². The normalized spacial score (nSPS) is 12.2. The number of benzene rings is 2. The largest absolute Gasteiger partial charge is 0.353 e. The van der Waals surface area contributed by atoms with Crippen LogP contribution in [0.1, 0.15) is 30.9 Å². The van der Waals surface area contributed by atoms with Crippen LogP contribution in [-0.4, -0.2) is 9.97 Å². The van der Waals surface area contributed by atoms with Crippen LogP contribution in [0.3, 0.4) is 0 Å². The van der Waals surface area contributed by atoms with Crippen molar-refractivity contribution in [2.75, 3.05) is 0 Å². The van der Waals surface area contributed by atoms with Gasteiger partial charge in [-0.1, -0.05) is 37.6 Å². The molecular weight excluding hydrogens is 244 g/mol. The van der Waals surface area contributed by atoms with E-state index >= 15 is 0 Å². The van der Waals surface area contributed by atoms with Gasteiger partial charge in [-0.2, -0.15) is 0 Å². The van der Waals surface area contributed by atoms with Crippen LogP contribution in [0, 0.1) is 6.92 Å². The lowest BCUT2D eigenvalue weighted by Gasteiger charge is -2.04. The molecule has 0 radical (unpaired) electrons. The van der Waals surface area contributed by atoms with Crippen LogP contribution in [0.15, 0.2) is 36.4 Å². The number of aromatic nitrogens is 2. The molecule has 2 aromatic heterocycles. The van der Waals surface area contributed by atoms with Gasteiger partial charge in [0.05, 0.1) is 11.0 Å². The van der Waals surface area contributed by atoms with E-state index in [0.29, 0.717) is 5.92 Å². The Morgan fingerprint density at radius 1 is 0.800 bits per heavy atom. The Morgan fingerprint density at radius 2 is 1.55 bits per heavy atom. The smallest absolute Gasteiger partial charge is 0.0725 e. The number of nitrogens with one attached hydrogen (secondary N) is 2. The second kappa shape index (κ2) is 3.89. The molecule has 0 aliphatic rings. The summed E-state index contributed by atoms with van der Waals surface area (Å²) in [6.45, 7) is 6.60. The van der Waals surface area contributed by atoms with Crippen LogP contribution in [-0.2, 0) is 0 Å². The number of hydrogen-bond acceptors (Lipinski definition) is 0. The first kappa shape index (κ1) is 11.6. The molecule has 0 spiro atoms. The molecule has 100 valence electrons. The highest BCUT2D eigenvalue weighted by Gasteiger charge is 2.11. The highest BCUT2D eigenvalue weighted by atomic mass is 14.8. The molecule has 2 heteroatoms. The van der Waals surface area contributed by atoms with Gasteiger partial charge < -0.3 is 9.97 Å². The van der Waals surface area contributed by atoms with Crippen LogP contribution in [0.4, 0.5) is 0 Å². The van der Waals surface area contributed by atoms with Gasteiger partial charge in [-0.05, 0) is 36.6 Å². The van der Waals surface area contributed by atoms with E-state index in [1.54, 1.807) is 0 Å². The van der Waals surface area contributed by atoms with Crippen molar-refractivity contribution < 1.29 is 0 Å². The number of aromatic amines is 2. The van der Waals surface area contributed by atoms with Gasteiger partial charge in [0, 0.05) is 21.8 Å². The predicted octanol–water partition coefficient (Wildman–Crippen LogP) is 5.23. The molecule has 4 aromatic rings. The zero-order valence-electron chi connectivity index (χ0n) is 12.0. The summed E-state index contributed by atoms with van der Waals surface area (Å²) in [7, 11) is 0. The minimum atomic E-state index is 0.556. The van der Waals surface area contributed by atoms with E-state index in [-0.39, 0.29) is 0 Å². The minimum absolute atomic E-state index is 0.556. The molecule has 0 amide bonds. The lowest BCUT2D eigenvalue weighted by molar-refractivity contribution is 0.868. The van der Waals surface area contributed by atoms with E-state index < -0.39 is 0 Å². The molecule has 0 fully saturated rings. The standard InChI is InChI=1S/C18H18N2/c1-10(2)12-5-6-13-16(9-12)20-18-14-8-11(3)4-7-15(14)19-17(13)18/h4-10,19-20H,1-3H3. The fourth-order valence-electron chi connectivity index (χ4n) is 3.01. The summed E-state index contributed by atoms with van der Waals surface area (Å²) < 4.78 is 0. The van der Waals surface area contributed by atoms with Crippen LogP contribution in [0.25, 0.3) is 32.8 Å². The Morgan fingerprint density at radius 3 is 2.35 bits per heavy atom. The summed E-state index contributed by atoms with van der Waals surface area (Å²) in [5.74, 6) is 0.556. The van der Waals surface area contributed by atoms with Gasteiger partial charge in [0.2, 0.25) is 0 Å². The Labute approximate surface area is 117 Å². The van der Waals surface area contributed by atoms with Gasteiger partial charge in [-0.15, -0.1) is 0 Å². The van der Waals surface area contributed by atoms with Gasteiger partial charge in [0.15, 0.2) is 0 Å². The van der Waals surface area contributed by atoms with E-state index in [1.165, 1.54) is 44.0 Å². The van der Waals surface area contributed by atoms with Crippen LogP contribution < -0.4 is 0 Å². The Kier molecular flexibility index (Phi) is 2.25. The van der Waals surface area contributed by atoms with E-state index in [0.717, 1.165) is 0 Å². The number of rotatable bonds is 1. The maximum atomic E-state index is 3.59. The Balaban J connectivity index is 2.11. The van der Waals surface area contributed by atoms with Gasteiger partial charge in [-0.25, -0.2) is 0 Å². The molecule has 0 aliphatic carbocycles. The molecule has 0 bridgehead atoms. The monoisotopic (exact) mass is 262 g/mol. The van der Waals surface area contributed by atoms with Crippen molar-refractivity contribution in [3.05, 3.63) is 47.5 Å². The van der Waals surface area contributed by atoms with Gasteiger partial charge in [0.1, 0.15) is 0 Å². The van der Waals surface area contributed by atoms with Gasteiger partial charge in [-0.3, -0.25) is 0 Å². The molecular formula is C18H18N2. The topological polar surface area (TPSA) is 31.6 Å². The SMILES string of the molecule is Cc1ccc2[nH]c3c4ccc(C(C)C)cc4[nH]c3c2c1. The molecule has 0 atom stereocenters. The van der Waals surface area contributed by atoms with E-state index in [2.05, 4.69) is 67.1 Å². The number of hydrogen-bond donors (Lipinski definition) is 2.